The predicted octanol–water partition coefficient (Wildman–Crippen LogP) is 4.53. The smallest absolute Gasteiger partial charge is 0.269 e. The largest absolute Gasteiger partial charge is 0.324 e. The lowest BCUT2D eigenvalue weighted by molar-refractivity contribution is -0.124. The van der Waals surface area contributed by atoms with Gasteiger partial charge in [-0.05, 0) is 50.6 Å². The predicted molar refractivity (Wildman–Crippen MR) is 136 cm³/mol. The molecule has 2 aliphatic rings. The molecule has 7 heteroatoms. The molecule has 3 aromatic carbocycles. The number of fused-ring (bicyclic) bond motifs is 2. The standard InChI is InChI=1S/C27H25N3O3S/c1-17-8-11-20(12-9-17)30-25(32)16-34-27(30)21-6-4-5-7-23(21)29(26(27)33)15-24(31)28-22-13-10-18(2)14-19(22)3/h4-14H,15-16H2,1-3H3,(H,28,31). The van der Waals surface area contributed by atoms with Crippen molar-refractivity contribution in [3.8, 4) is 0 Å². The van der Waals surface area contributed by atoms with E-state index in [0.717, 1.165) is 27.9 Å². The van der Waals surface area contributed by atoms with E-state index in [1.54, 1.807) is 4.90 Å². The molecule has 1 atom stereocenters. The highest BCUT2D eigenvalue weighted by Crippen LogP contribution is 2.55. The highest BCUT2D eigenvalue weighted by Gasteiger charge is 2.61. The van der Waals surface area contributed by atoms with Gasteiger partial charge in [0.2, 0.25) is 16.7 Å². The van der Waals surface area contributed by atoms with Crippen LogP contribution >= 0.6 is 11.8 Å². The monoisotopic (exact) mass is 471 g/mol. The third-order valence-corrected chi connectivity index (χ3v) is 7.70. The lowest BCUT2D eigenvalue weighted by Crippen LogP contribution is -2.50. The molecule has 1 N–H and O–H groups in total. The van der Waals surface area contributed by atoms with Crippen LogP contribution in [0.4, 0.5) is 17.1 Å². The normalized spacial score (nSPS) is 19.1. The molecule has 0 aliphatic carbocycles. The summed E-state index contributed by atoms with van der Waals surface area (Å²) >= 11 is 1.31. The first-order valence-corrected chi connectivity index (χ1v) is 12.1. The molecular formula is C27H25N3O3S. The second-order valence-corrected chi connectivity index (χ2v) is 9.94. The molecule has 0 aromatic heterocycles. The maximum atomic E-state index is 14.0. The number of aryl methyl sites for hydroxylation is 3. The molecule has 0 bridgehead atoms. The fourth-order valence-electron chi connectivity index (χ4n) is 4.69. The number of hydrogen-bond donors (Lipinski definition) is 1. The maximum Gasteiger partial charge on any atom is 0.269 e. The zero-order valence-corrected chi connectivity index (χ0v) is 20.1. The van der Waals surface area contributed by atoms with Gasteiger partial charge in [0, 0.05) is 16.9 Å². The first-order chi connectivity index (χ1) is 16.3. The van der Waals surface area contributed by atoms with E-state index in [1.165, 1.54) is 16.7 Å². The van der Waals surface area contributed by atoms with Crippen LogP contribution in [0.1, 0.15) is 22.3 Å². The topological polar surface area (TPSA) is 69.7 Å². The zero-order valence-electron chi connectivity index (χ0n) is 19.3. The number of thioether (sulfide) groups is 1. The molecule has 1 fully saturated rings. The minimum Gasteiger partial charge on any atom is -0.324 e. The van der Waals surface area contributed by atoms with E-state index in [2.05, 4.69) is 5.32 Å². The van der Waals surface area contributed by atoms with Gasteiger partial charge >= 0.3 is 0 Å². The van der Waals surface area contributed by atoms with Crippen molar-refractivity contribution >= 4 is 46.5 Å². The lowest BCUT2D eigenvalue weighted by Gasteiger charge is -2.33. The van der Waals surface area contributed by atoms with Crippen molar-refractivity contribution in [3.63, 3.8) is 0 Å². The van der Waals surface area contributed by atoms with E-state index in [0.29, 0.717) is 11.4 Å². The molecule has 172 valence electrons. The molecule has 6 nitrogen and oxygen atoms in total. The Morgan fingerprint density at radius 3 is 2.41 bits per heavy atom. The third-order valence-electron chi connectivity index (χ3n) is 6.31. The summed E-state index contributed by atoms with van der Waals surface area (Å²) in [7, 11) is 0. The molecule has 34 heavy (non-hydrogen) atoms. The fourth-order valence-corrected chi connectivity index (χ4v) is 6.05. The van der Waals surface area contributed by atoms with Gasteiger partial charge in [-0.1, -0.05) is 53.6 Å². The lowest BCUT2D eigenvalue weighted by atomic mass is 10.0. The van der Waals surface area contributed by atoms with Crippen LogP contribution in [0.25, 0.3) is 0 Å². The minimum atomic E-state index is -1.22. The van der Waals surface area contributed by atoms with E-state index in [1.807, 2.05) is 87.5 Å². The highest BCUT2D eigenvalue weighted by atomic mass is 32.2. The van der Waals surface area contributed by atoms with E-state index >= 15 is 0 Å². The van der Waals surface area contributed by atoms with Crippen LogP contribution < -0.4 is 15.1 Å². The molecule has 0 saturated carbocycles. The first-order valence-electron chi connectivity index (χ1n) is 11.1. The summed E-state index contributed by atoms with van der Waals surface area (Å²) in [6.45, 7) is 5.78. The number of carbonyl (C=O) groups excluding carboxylic acids is 3. The number of carbonyl (C=O) groups is 3. The van der Waals surface area contributed by atoms with Crippen LogP contribution in [0.3, 0.4) is 0 Å². The van der Waals surface area contributed by atoms with E-state index in [9.17, 15) is 14.4 Å². The van der Waals surface area contributed by atoms with Crippen LogP contribution in [-0.2, 0) is 19.3 Å². The average Bonchev–Trinajstić information content (AvgIpc) is 3.27. The van der Waals surface area contributed by atoms with Crippen LogP contribution in [0.5, 0.6) is 0 Å². The van der Waals surface area contributed by atoms with Crippen LogP contribution in [0.15, 0.2) is 66.7 Å². The molecule has 1 spiro atoms. The Bertz CT molecular complexity index is 1320. The van der Waals surface area contributed by atoms with Crippen LogP contribution in [0.2, 0.25) is 0 Å². The van der Waals surface area contributed by atoms with E-state index < -0.39 is 4.87 Å². The fraction of sp³-hybridized carbons (Fsp3) is 0.222. The van der Waals surface area contributed by atoms with Crippen molar-refractivity contribution in [2.75, 3.05) is 27.4 Å². The molecular weight excluding hydrogens is 446 g/mol. The van der Waals surface area contributed by atoms with Crippen molar-refractivity contribution in [1.29, 1.82) is 0 Å². The summed E-state index contributed by atoms with van der Waals surface area (Å²) < 4.78 is 0. The minimum absolute atomic E-state index is 0.126. The number of anilines is 3. The SMILES string of the molecule is Cc1ccc(N2C(=O)CSC23C(=O)N(CC(=O)Nc2ccc(C)cc2C)c2ccccc23)cc1. The van der Waals surface area contributed by atoms with Gasteiger partial charge in [0.15, 0.2) is 0 Å². The van der Waals surface area contributed by atoms with Crippen molar-refractivity contribution in [2.45, 2.75) is 25.6 Å². The Morgan fingerprint density at radius 1 is 0.971 bits per heavy atom. The van der Waals surface area contributed by atoms with Crippen molar-refractivity contribution in [3.05, 3.63) is 89.0 Å². The number of amides is 3. The Labute approximate surface area is 202 Å². The van der Waals surface area contributed by atoms with Crippen molar-refractivity contribution < 1.29 is 14.4 Å². The van der Waals surface area contributed by atoms with Gasteiger partial charge in [0.25, 0.3) is 5.91 Å². The Morgan fingerprint density at radius 2 is 1.68 bits per heavy atom. The zero-order chi connectivity index (χ0) is 24.0. The number of nitrogens with one attached hydrogen (secondary N) is 1. The van der Waals surface area contributed by atoms with Gasteiger partial charge in [-0.25, -0.2) is 0 Å². The van der Waals surface area contributed by atoms with Gasteiger partial charge in [-0.3, -0.25) is 24.2 Å². The quantitative estimate of drug-likeness (QED) is 0.607. The summed E-state index contributed by atoms with van der Waals surface area (Å²) in [6.07, 6.45) is 0. The van der Waals surface area contributed by atoms with Crippen molar-refractivity contribution in [1.82, 2.24) is 0 Å². The van der Waals surface area contributed by atoms with Gasteiger partial charge in [-0.15, -0.1) is 11.8 Å². The van der Waals surface area contributed by atoms with Gasteiger partial charge in [0.1, 0.15) is 6.54 Å². The molecule has 2 heterocycles. The van der Waals surface area contributed by atoms with E-state index in [-0.39, 0.29) is 30.0 Å². The molecule has 0 radical (unpaired) electrons. The summed E-state index contributed by atoms with van der Waals surface area (Å²) in [5, 5.41) is 2.93. The summed E-state index contributed by atoms with van der Waals surface area (Å²) in [6, 6.07) is 20.8. The highest BCUT2D eigenvalue weighted by molar-refractivity contribution is 8.02. The average molecular weight is 472 g/mol. The number of benzene rings is 3. The Balaban J connectivity index is 1.50. The second-order valence-electron chi connectivity index (χ2n) is 8.77. The van der Waals surface area contributed by atoms with Crippen LogP contribution in [0, 0.1) is 20.8 Å². The Kier molecular flexibility index (Phi) is 5.44. The molecule has 3 aromatic rings. The number of hydrogen-bond acceptors (Lipinski definition) is 4. The Hall–Kier alpha value is -3.58. The summed E-state index contributed by atoms with van der Waals surface area (Å²) in [5.74, 6) is -0.501. The number of para-hydroxylation sites is 1. The first kappa shape index (κ1) is 22.2. The summed E-state index contributed by atoms with van der Waals surface area (Å²) in [5.41, 5.74) is 5.92. The molecule has 5 rings (SSSR count). The van der Waals surface area contributed by atoms with Crippen molar-refractivity contribution in [2.24, 2.45) is 0 Å². The van der Waals surface area contributed by atoms with Gasteiger partial charge in [-0.2, -0.15) is 0 Å². The number of nitrogens with zero attached hydrogens (tertiary/aromatic N) is 2. The van der Waals surface area contributed by atoms with Gasteiger partial charge < -0.3 is 5.32 Å². The third kappa shape index (κ3) is 3.47. The number of rotatable bonds is 4. The molecule has 3 amide bonds. The van der Waals surface area contributed by atoms with Gasteiger partial charge in [0.05, 0.1) is 11.4 Å². The summed E-state index contributed by atoms with van der Waals surface area (Å²) in [4.78, 5) is 42.0. The van der Waals surface area contributed by atoms with Crippen LogP contribution in [-0.4, -0.2) is 30.0 Å². The molecule has 1 unspecified atom stereocenters. The maximum absolute atomic E-state index is 14.0. The molecule has 1 saturated heterocycles. The molecule has 2 aliphatic heterocycles. The van der Waals surface area contributed by atoms with E-state index in [4.69, 9.17) is 0 Å². The second kappa shape index (κ2) is 8.33.